The number of carboxylic acids is 1. The van der Waals surface area contributed by atoms with Gasteiger partial charge in [-0.2, -0.15) is 4.98 Å². The van der Waals surface area contributed by atoms with E-state index in [0.29, 0.717) is 11.7 Å². The van der Waals surface area contributed by atoms with Crippen LogP contribution in [0.1, 0.15) is 28.6 Å². The van der Waals surface area contributed by atoms with Crippen LogP contribution in [0.3, 0.4) is 0 Å². The van der Waals surface area contributed by atoms with Gasteiger partial charge in [-0.15, -0.1) is 0 Å². The van der Waals surface area contributed by atoms with Gasteiger partial charge in [0.15, 0.2) is 17.3 Å². The molecule has 0 aliphatic carbocycles. The van der Waals surface area contributed by atoms with Gasteiger partial charge in [0, 0.05) is 25.2 Å². The predicted octanol–water partition coefficient (Wildman–Crippen LogP) is 0.438. The van der Waals surface area contributed by atoms with E-state index in [0.717, 1.165) is 0 Å². The molecular formula is C11H11N5O4. The van der Waals surface area contributed by atoms with Crippen molar-refractivity contribution in [2.24, 2.45) is 0 Å². The van der Waals surface area contributed by atoms with Gasteiger partial charge in [0.25, 0.3) is 0 Å². The highest BCUT2D eigenvalue weighted by Gasteiger charge is 2.15. The van der Waals surface area contributed by atoms with Crippen LogP contribution in [0.4, 0.5) is 5.82 Å². The Kier molecular flexibility index (Phi) is 3.99. The van der Waals surface area contributed by atoms with Gasteiger partial charge in [0.2, 0.25) is 11.8 Å². The number of hydrogen-bond donors (Lipinski definition) is 2. The van der Waals surface area contributed by atoms with Gasteiger partial charge in [0.05, 0.1) is 0 Å². The topological polar surface area (TPSA) is 131 Å². The molecule has 0 fully saturated rings. The number of nitrogens with one attached hydrogen (secondary N) is 1. The molecule has 0 saturated carbocycles. The summed E-state index contributed by atoms with van der Waals surface area (Å²) in [6.07, 6.45) is 2.86. The normalized spacial score (nSPS) is 10.2. The van der Waals surface area contributed by atoms with Gasteiger partial charge in [-0.25, -0.2) is 14.8 Å². The van der Waals surface area contributed by atoms with E-state index in [4.69, 9.17) is 9.63 Å². The average Bonchev–Trinajstić information content (AvgIpc) is 2.83. The second-order valence-electron chi connectivity index (χ2n) is 3.84. The molecule has 0 spiro atoms. The SMILES string of the molecule is Cc1noc(CCC(=O)Nc2nccnc2C(=O)O)n1. The van der Waals surface area contributed by atoms with Crippen molar-refractivity contribution in [1.29, 1.82) is 0 Å². The summed E-state index contributed by atoms with van der Waals surface area (Å²) in [6, 6.07) is 0. The van der Waals surface area contributed by atoms with E-state index in [-0.39, 0.29) is 24.4 Å². The number of carbonyl (C=O) groups is 2. The van der Waals surface area contributed by atoms with Crippen LogP contribution in [0.15, 0.2) is 16.9 Å². The van der Waals surface area contributed by atoms with Crippen LogP contribution >= 0.6 is 0 Å². The predicted molar refractivity (Wildman–Crippen MR) is 65.0 cm³/mol. The highest BCUT2D eigenvalue weighted by molar-refractivity contribution is 5.97. The number of anilines is 1. The first-order chi connectivity index (χ1) is 9.56. The molecule has 0 aliphatic rings. The zero-order valence-electron chi connectivity index (χ0n) is 10.5. The number of carboxylic acid groups (broad SMARTS) is 1. The number of nitrogens with zero attached hydrogens (tertiary/aromatic N) is 4. The molecule has 2 aromatic rings. The van der Waals surface area contributed by atoms with Gasteiger partial charge in [0.1, 0.15) is 0 Å². The molecule has 0 aromatic carbocycles. The van der Waals surface area contributed by atoms with Gasteiger partial charge < -0.3 is 14.9 Å². The Labute approximate surface area is 113 Å². The lowest BCUT2D eigenvalue weighted by molar-refractivity contribution is -0.116. The fraction of sp³-hybridized carbons (Fsp3) is 0.273. The Morgan fingerprint density at radius 2 is 2.10 bits per heavy atom. The van der Waals surface area contributed by atoms with Gasteiger partial charge in [-0.05, 0) is 6.92 Å². The summed E-state index contributed by atoms with van der Waals surface area (Å²) in [5.74, 6) is -0.936. The fourth-order valence-electron chi connectivity index (χ4n) is 1.44. The van der Waals surface area contributed by atoms with Crippen molar-refractivity contribution in [3.05, 3.63) is 29.8 Å². The summed E-state index contributed by atoms with van der Waals surface area (Å²) in [7, 11) is 0. The summed E-state index contributed by atoms with van der Waals surface area (Å²) in [5.41, 5.74) is -0.311. The molecule has 2 rings (SSSR count). The lowest BCUT2D eigenvalue weighted by Crippen LogP contribution is -2.17. The molecule has 0 saturated heterocycles. The quantitative estimate of drug-likeness (QED) is 0.804. The van der Waals surface area contributed by atoms with Gasteiger partial charge in [-0.3, -0.25) is 4.79 Å². The van der Waals surface area contributed by atoms with Gasteiger partial charge in [-0.1, -0.05) is 5.16 Å². The Hall–Kier alpha value is -2.84. The number of amides is 1. The van der Waals surface area contributed by atoms with Crippen LogP contribution in [-0.2, 0) is 11.2 Å². The highest BCUT2D eigenvalue weighted by atomic mass is 16.5. The molecule has 9 nitrogen and oxygen atoms in total. The molecule has 0 unspecified atom stereocenters. The summed E-state index contributed by atoms with van der Waals surface area (Å²) in [4.78, 5) is 34.0. The Balaban J connectivity index is 1.96. The summed E-state index contributed by atoms with van der Waals surface area (Å²) >= 11 is 0. The lowest BCUT2D eigenvalue weighted by Gasteiger charge is -2.05. The first kappa shape index (κ1) is 13.6. The maximum atomic E-state index is 11.7. The number of aromatic carboxylic acids is 1. The summed E-state index contributed by atoms with van der Waals surface area (Å²) < 4.78 is 4.86. The maximum absolute atomic E-state index is 11.7. The van der Waals surface area contributed by atoms with E-state index in [1.54, 1.807) is 6.92 Å². The van der Waals surface area contributed by atoms with Crippen LogP contribution in [0.2, 0.25) is 0 Å². The Morgan fingerprint density at radius 1 is 1.35 bits per heavy atom. The molecule has 0 aliphatic heterocycles. The first-order valence-corrected chi connectivity index (χ1v) is 5.69. The van der Waals surface area contributed by atoms with Crippen molar-refractivity contribution >= 4 is 17.7 Å². The average molecular weight is 277 g/mol. The van der Waals surface area contributed by atoms with E-state index in [1.165, 1.54) is 12.4 Å². The molecule has 2 aromatic heterocycles. The fourth-order valence-corrected chi connectivity index (χ4v) is 1.44. The zero-order chi connectivity index (χ0) is 14.5. The highest BCUT2D eigenvalue weighted by Crippen LogP contribution is 2.09. The van der Waals surface area contributed by atoms with E-state index < -0.39 is 11.9 Å². The van der Waals surface area contributed by atoms with Crippen LogP contribution in [0, 0.1) is 6.92 Å². The second-order valence-corrected chi connectivity index (χ2v) is 3.84. The van der Waals surface area contributed by atoms with Crippen molar-refractivity contribution in [3.63, 3.8) is 0 Å². The summed E-state index contributed by atoms with van der Waals surface area (Å²) in [6.45, 7) is 1.67. The van der Waals surface area contributed by atoms with Crippen LogP contribution in [-0.4, -0.2) is 37.1 Å². The molecule has 9 heteroatoms. The number of hydrogen-bond acceptors (Lipinski definition) is 7. The third-order valence-corrected chi connectivity index (χ3v) is 2.29. The Morgan fingerprint density at radius 3 is 2.75 bits per heavy atom. The standard InChI is InChI=1S/C11H11N5O4/c1-6-14-8(20-16-6)3-2-7(17)15-10-9(11(18)19)12-4-5-13-10/h4-5H,2-3H2,1H3,(H,18,19)(H,13,15,17). The van der Waals surface area contributed by atoms with E-state index in [9.17, 15) is 9.59 Å². The molecule has 2 N–H and O–H groups in total. The number of aromatic nitrogens is 4. The molecule has 0 atom stereocenters. The lowest BCUT2D eigenvalue weighted by atomic mass is 10.3. The smallest absolute Gasteiger partial charge is 0.358 e. The summed E-state index contributed by atoms with van der Waals surface area (Å²) in [5, 5.41) is 14.9. The first-order valence-electron chi connectivity index (χ1n) is 5.69. The van der Waals surface area contributed by atoms with Crippen molar-refractivity contribution in [1.82, 2.24) is 20.1 Å². The third-order valence-electron chi connectivity index (χ3n) is 2.29. The number of aryl methyl sites for hydroxylation is 2. The number of carbonyl (C=O) groups excluding carboxylic acids is 1. The van der Waals surface area contributed by atoms with Crippen molar-refractivity contribution < 1.29 is 19.2 Å². The second kappa shape index (κ2) is 5.87. The third kappa shape index (κ3) is 3.34. The van der Waals surface area contributed by atoms with Gasteiger partial charge >= 0.3 is 5.97 Å². The molecular weight excluding hydrogens is 266 g/mol. The van der Waals surface area contributed by atoms with Crippen LogP contribution in [0.5, 0.6) is 0 Å². The number of rotatable bonds is 5. The largest absolute Gasteiger partial charge is 0.476 e. The van der Waals surface area contributed by atoms with Crippen LogP contribution in [0.25, 0.3) is 0 Å². The minimum Gasteiger partial charge on any atom is -0.476 e. The van der Waals surface area contributed by atoms with Crippen LogP contribution < -0.4 is 5.32 Å². The minimum absolute atomic E-state index is 0.0667. The maximum Gasteiger partial charge on any atom is 0.358 e. The van der Waals surface area contributed by atoms with E-state index in [1.807, 2.05) is 0 Å². The molecule has 20 heavy (non-hydrogen) atoms. The van der Waals surface area contributed by atoms with E-state index in [2.05, 4.69) is 25.4 Å². The van der Waals surface area contributed by atoms with E-state index >= 15 is 0 Å². The monoisotopic (exact) mass is 277 g/mol. The Bertz CT molecular complexity index is 639. The molecule has 0 radical (unpaired) electrons. The molecule has 2 heterocycles. The van der Waals surface area contributed by atoms with Crippen molar-refractivity contribution in [2.75, 3.05) is 5.32 Å². The zero-order valence-corrected chi connectivity index (χ0v) is 10.5. The minimum atomic E-state index is -1.26. The van der Waals surface area contributed by atoms with Crippen molar-refractivity contribution in [3.8, 4) is 0 Å². The molecule has 104 valence electrons. The molecule has 1 amide bonds. The van der Waals surface area contributed by atoms with Crippen molar-refractivity contribution in [2.45, 2.75) is 19.8 Å². The molecule has 0 bridgehead atoms.